The van der Waals surface area contributed by atoms with Crippen LogP contribution in [0.3, 0.4) is 0 Å². The number of benzene rings is 1. The number of nitrogens with one attached hydrogen (secondary N) is 2. The lowest BCUT2D eigenvalue weighted by atomic mass is 10.1. The van der Waals surface area contributed by atoms with Crippen molar-refractivity contribution < 1.29 is 9.53 Å². The number of hydrogen-bond acceptors (Lipinski definition) is 5. The Bertz CT molecular complexity index is 714. The Morgan fingerprint density at radius 1 is 1.36 bits per heavy atom. The molecule has 0 saturated heterocycles. The molecule has 7 heteroatoms. The maximum absolute atomic E-state index is 12.0. The first-order valence-electron chi connectivity index (χ1n) is 8.57. The van der Waals surface area contributed by atoms with Gasteiger partial charge >= 0.3 is 6.03 Å². The van der Waals surface area contributed by atoms with Gasteiger partial charge in [0.15, 0.2) is 11.9 Å². The van der Waals surface area contributed by atoms with Crippen molar-refractivity contribution in [1.29, 1.82) is 0 Å². The number of anilines is 1. The second kappa shape index (κ2) is 8.31. The summed E-state index contributed by atoms with van der Waals surface area (Å²) < 4.78 is 5.55. The second-order valence-electron chi connectivity index (χ2n) is 6.19. The highest BCUT2D eigenvalue weighted by molar-refractivity contribution is 7.15. The van der Waals surface area contributed by atoms with Gasteiger partial charge in [0.25, 0.3) is 0 Å². The number of thiazole rings is 1. The van der Waals surface area contributed by atoms with Crippen molar-refractivity contribution in [2.24, 2.45) is 0 Å². The van der Waals surface area contributed by atoms with Crippen LogP contribution in [0.2, 0.25) is 0 Å². The first-order chi connectivity index (χ1) is 12.1. The number of amides is 2. The minimum Gasteiger partial charge on any atom is -0.473 e. The molecule has 0 unspecified atom stereocenters. The number of urea groups is 1. The third kappa shape index (κ3) is 4.93. The Hall–Kier alpha value is -2.12. The van der Waals surface area contributed by atoms with Gasteiger partial charge in [-0.3, -0.25) is 5.32 Å². The average molecular weight is 360 g/mol. The van der Waals surface area contributed by atoms with Gasteiger partial charge in [-0.2, -0.15) is 0 Å². The van der Waals surface area contributed by atoms with Crippen molar-refractivity contribution in [1.82, 2.24) is 15.2 Å². The van der Waals surface area contributed by atoms with Crippen LogP contribution in [0.15, 0.2) is 24.3 Å². The van der Waals surface area contributed by atoms with Crippen LogP contribution in [0.1, 0.15) is 29.5 Å². The number of carbonyl (C=O) groups excluding carboxylic acids is 1. The Morgan fingerprint density at radius 3 is 2.92 bits per heavy atom. The molecule has 1 aromatic heterocycles. The molecule has 1 aliphatic rings. The third-order valence-corrected chi connectivity index (χ3v) is 5.07. The van der Waals surface area contributed by atoms with Gasteiger partial charge in [0.05, 0.1) is 5.69 Å². The monoisotopic (exact) mass is 360 g/mol. The second-order valence-corrected chi connectivity index (χ2v) is 7.27. The van der Waals surface area contributed by atoms with Crippen molar-refractivity contribution in [3.63, 3.8) is 0 Å². The number of rotatable bonds is 6. The van der Waals surface area contributed by atoms with Crippen molar-refractivity contribution in [3.8, 4) is 5.75 Å². The molecule has 2 aromatic rings. The zero-order valence-electron chi connectivity index (χ0n) is 14.7. The van der Waals surface area contributed by atoms with E-state index < -0.39 is 0 Å². The largest absolute Gasteiger partial charge is 0.473 e. The molecule has 2 amide bonds. The molecular formula is C18H24N4O2S. The van der Waals surface area contributed by atoms with Crippen LogP contribution in [0, 0.1) is 0 Å². The molecular weight excluding hydrogens is 336 g/mol. The highest BCUT2D eigenvalue weighted by atomic mass is 32.1. The van der Waals surface area contributed by atoms with E-state index >= 15 is 0 Å². The number of likely N-dealkylation sites (N-methyl/N-ethyl adjacent to an activating group) is 1. The van der Waals surface area contributed by atoms with Crippen LogP contribution in [0.25, 0.3) is 0 Å². The molecule has 0 fully saturated rings. The number of carbonyl (C=O) groups is 1. The summed E-state index contributed by atoms with van der Waals surface area (Å²) in [5.74, 6) is 0.743. The molecule has 2 heterocycles. The summed E-state index contributed by atoms with van der Waals surface area (Å²) in [5, 5.41) is 6.12. The van der Waals surface area contributed by atoms with Gasteiger partial charge in [-0.25, -0.2) is 9.78 Å². The fourth-order valence-corrected chi connectivity index (χ4v) is 3.83. The van der Waals surface area contributed by atoms with Crippen molar-refractivity contribution >= 4 is 22.5 Å². The number of ether oxygens (including phenoxy) is 1. The number of hydrogen-bond donors (Lipinski definition) is 2. The Kier molecular flexibility index (Phi) is 5.88. The van der Waals surface area contributed by atoms with Gasteiger partial charge < -0.3 is 15.0 Å². The first kappa shape index (κ1) is 17.7. The van der Waals surface area contributed by atoms with Crippen LogP contribution < -0.4 is 15.4 Å². The fourth-order valence-electron chi connectivity index (χ4n) is 2.74. The van der Waals surface area contributed by atoms with Crippen LogP contribution in [0.5, 0.6) is 5.75 Å². The predicted octanol–water partition coefficient (Wildman–Crippen LogP) is 3.24. The van der Waals surface area contributed by atoms with Crippen molar-refractivity contribution in [2.45, 2.75) is 32.7 Å². The summed E-state index contributed by atoms with van der Waals surface area (Å²) in [6.45, 7) is 4.18. The Labute approximate surface area is 152 Å². The van der Waals surface area contributed by atoms with Gasteiger partial charge in [0.1, 0.15) is 5.75 Å². The van der Waals surface area contributed by atoms with Crippen molar-refractivity contribution in [3.05, 3.63) is 40.4 Å². The number of aromatic nitrogens is 1. The molecule has 134 valence electrons. The Balaban J connectivity index is 1.44. The van der Waals surface area contributed by atoms with Gasteiger partial charge in [-0.15, -0.1) is 11.3 Å². The van der Waals surface area contributed by atoms with Crippen molar-refractivity contribution in [2.75, 3.05) is 25.6 Å². The zero-order chi connectivity index (χ0) is 17.6. The molecule has 1 aliphatic heterocycles. The summed E-state index contributed by atoms with van der Waals surface area (Å²) >= 11 is 1.54. The maximum Gasteiger partial charge on any atom is 0.323 e. The van der Waals surface area contributed by atoms with E-state index in [1.807, 2.05) is 12.1 Å². The normalized spacial score (nSPS) is 14.0. The smallest absolute Gasteiger partial charge is 0.323 e. The zero-order valence-corrected chi connectivity index (χ0v) is 15.5. The molecule has 1 aromatic carbocycles. The standard InChI is InChI=1S/C18H24N4O2S/c1-3-4-13-5-7-14(8-6-13)24-12-19-17(23)21-18-20-15-9-10-22(2)11-16(15)25-18/h5-8H,3-4,9-12H2,1-2H3,(H2,19,20,21,23). The molecule has 0 aliphatic carbocycles. The van der Waals surface area contributed by atoms with Crippen LogP contribution >= 0.6 is 11.3 Å². The Morgan fingerprint density at radius 2 is 2.16 bits per heavy atom. The highest BCUT2D eigenvalue weighted by Gasteiger charge is 2.18. The molecule has 0 atom stereocenters. The highest BCUT2D eigenvalue weighted by Crippen LogP contribution is 2.27. The molecule has 0 bridgehead atoms. The molecule has 25 heavy (non-hydrogen) atoms. The number of fused-ring (bicyclic) bond motifs is 1. The predicted molar refractivity (Wildman–Crippen MR) is 100 cm³/mol. The number of nitrogens with zero attached hydrogens (tertiary/aromatic N) is 2. The first-order valence-corrected chi connectivity index (χ1v) is 9.39. The van der Waals surface area contributed by atoms with Crippen LogP contribution in [0.4, 0.5) is 9.93 Å². The average Bonchev–Trinajstić information content (AvgIpc) is 2.98. The molecule has 6 nitrogen and oxygen atoms in total. The lowest BCUT2D eigenvalue weighted by molar-refractivity contribution is 0.234. The molecule has 2 N–H and O–H groups in total. The van der Waals surface area contributed by atoms with E-state index in [-0.39, 0.29) is 12.8 Å². The van der Waals surface area contributed by atoms with Gasteiger partial charge in [0, 0.05) is 24.4 Å². The van der Waals surface area contributed by atoms with E-state index in [0.29, 0.717) is 5.13 Å². The summed E-state index contributed by atoms with van der Waals surface area (Å²) in [5.41, 5.74) is 2.39. The number of aryl methyl sites for hydroxylation is 1. The van der Waals surface area contributed by atoms with Crippen LogP contribution in [-0.2, 0) is 19.4 Å². The fraction of sp³-hybridized carbons (Fsp3) is 0.444. The summed E-state index contributed by atoms with van der Waals surface area (Å²) in [7, 11) is 2.09. The van der Waals surface area contributed by atoms with E-state index in [2.05, 4.69) is 46.6 Å². The lowest BCUT2D eigenvalue weighted by Gasteiger charge is -2.20. The summed E-state index contributed by atoms with van der Waals surface area (Å²) in [6.07, 6.45) is 3.12. The third-order valence-electron chi connectivity index (χ3n) is 4.08. The molecule has 0 spiro atoms. The lowest BCUT2D eigenvalue weighted by Crippen LogP contribution is -2.32. The van der Waals surface area contributed by atoms with Crippen LogP contribution in [-0.4, -0.2) is 36.2 Å². The van der Waals surface area contributed by atoms with Gasteiger partial charge in [0.2, 0.25) is 0 Å². The molecule has 0 saturated carbocycles. The SMILES string of the molecule is CCCc1ccc(OCNC(=O)Nc2nc3c(s2)CN(C)CC3)cc1. The van der Waals surface area contributed by atoms with E-state index in [1.54, 1.807) is 0 Å². The van der Waals surface area contributed by atoms with Gasteiger partial charge in [-0.05, 0) is 31.2 Å². The minimum absolute atomic E-state index is 0.118. The van der Waals surface area contributed by atoms with Gasteiger partial charge in [-0.1, -0.05) is 25.5 Å². The summed E-state index contributed by atoms with van der Waals surface area (Å²) in [4.78, 5) is 20.0. The van der Waals surface area contributed by atoms with E-state index in [9.17, 15) is 4.79 Å². The van der Waals surface area contributed by atoms with E-state index in [0.717, 1.165) is 43.8 Å². The molecule has 3 rings (SSSR count). The maximum atomic E-state index is 12.0. The molecule has 0 radical (unpaired) electrons. The van der Waals surface area contributed by atoms with E-state index in [1.165, 1.54) is 21.8 Å². The van der Waals surface area contributed by atoms with E-state index in [4.69, 9.17) is 4.74 Å². The topological polar surface area (TPSA) is 66.5 Å². The minimum atomic E-state index is -0.304. The quantitative estimate of drug-likeness (QED) is 0.776. The summed E-state index contributed by atoms with van der Waals surface area (Å²) in [6, 6.07) is 7.65.